The summed E-state index contributed by atoms with van der Waals surface area (Å²) in [5.41, 5.74) is 0.0845. The van der Waals surface area contributed by atoms with Crippen LogP contribution in [0.25, 0.3) is 0 Å². The van der Waals surface area contributed by atoms with Crippen LogP contribution >= 0.6 is 23.1 Å². The van der Waals surface area contributed by atoms with Gasteiger partial charge in [-0.15, -0.1) is 10.2 Å². The molecule has 0 aliphatic rings. The normalized spacial score (nSPS) is 10.3. The van der Waals surface area contributed by atoms with Crippen molar-refractivity contribution in [1.82, 2.24) is 10.2 Å². The summed E-state index contributed by atoms with van der Waals surface area (Å²) in [4.78, 5) is 22.2. The molecular formula is C12H12N4O3S2. The lowest BCUT2D eigenvalue weighted by Gasteiger charge is -2.00. The number of non-ortho nitro benzene ring substituents is 1. The van der Waals surface area contributed by atoms with Gasteiger partial charge in [-0.1, -0.05) is 36.1 Å². The van der Waals surface area contributed by atoms with Gasteiger partial charge in [0.1, 0.15) is 0 Å². The molecule has 2 rings (SSSR count). The highest BCUT2D eigenvalue weighted by atomic mass is 32.2. The fourth-order valence-electron chi connectivity index (χ4n) is 1.44. The highest BCUT2D eigenvalue weighted by molar-refractivity contribution is 8.01. The number of rotatable bonds is 6. The molecule has 0 aliphatic carbocycles. The van der Waals surface area contributed by atoms with E-state index in [2.05, 4.69) is 22.4 Å². The van der Waals surface area contributed by atoms with Gasteiger partial charge in [-0.3, -0.25) is 20.2 Å². The molecule has 1 aromatic carbocycles. The number of benzene rings is 1. The summed E-state index contributed by atoms with van der Waals surface area (Å²) in [5, 5.41) is 21.5. The number of nitrogens with one attached hydrogen (secondary N) is 1. The monoisotopic (exact) mass is 324 g/mol. The Morgan fingerprint density at radius 1 is 1.48 bits per heavy atom. The van der Waals surface area contributed by atoms with Crippen molar-refractivity contribution >= 4 is 39.8 Å². The number of hydrogen-bond donors (Lipinski definition) is 1. The number of thioether (sulfide) groups is 1. The predicted molar refractivity (Wildman–Crippen MR) is 82.0 cm³/mol. The summed E-state index contributed by atoms with van der Waals surface area (Å²) >= 11 is 2.86. The van der Waals surface area contributed by atoms with Crippen LogP contribution in [0.4, 0.5) is 10.8 Å². The average Bonchev–Trinajstić information content (AvgIpc) is 2.92. The predicted octanol–water partition coefficient (Wildman–Crippen LogP) is 3.20. The molecule has 0 bridgehead atoms. The summed E-state index contributed by atoms with van der Waals surface area (Å²) < 4.78 is 0.784. The smallest absolute Gasteiger partial charge is 0.270 e. The first-order chi connectivity index (χ1) is 10.1. The van der Waals surface area contributed by atoms with Gasteiger partial charge in [0.05, 0.1) is 4.92 Å². The van der Waals surface area contributed by atoms with E-state index in [1.807, 2.05) is 0 Å². The molecule has 0 radical (unpaired) electrons. The van der Waals surface area contributed by atoms with Crippen molar-refractivity contribution in [3.63, 3.8) is 0 Å². The second kappa shape index (κ2) is 7.14. The Balaban J connectivity index is 2.05. The van der Waals surface area contributed by atoms with Crippen molar-refractivity contribution < 1.29 is 9.72 Å². The third-order valence-corrected chi connectivity index (χ3v) is 4.55. The molecular weight excluding hydrogens is 312 g/mol. The summed E-state index contributed by atoms with van der Waals surface area (Å²) in [5.74, 6) is 0.495. The fraction of sp³-hybridized carbons (Fsp3) is 0.250. The minimum atomic E-state index is -0.540. The summed E-state index contributed by atoms with van der Waals surface area (Å²) in [6, 6.07) is 5.54. The molecule has 0 fully saturated rings. The largest absolute Gasteiger partial charge is 0.296 e. The van der Waals surface area contributed by atoms with E-state index in [0.717, 1.165) is 16.5 Å². The van der Waals surface area contributed by atoms with E-state index in [1.165, 1.54) is 35.6 Å². The number of nitro groups is 1. The Hall–Kier alpha value is -2.00. The van der Waals surface area contributed by atoms with E-state index in [-0.39, 0.29) is 11.3 Å². The maximum absolute atomic E-state index is 12.0. The average molecular weight is 324 g/mol. The number of anilines is 1. The van der Waals surface area contributed by atoms with Gasteiger partial charge in [-0.2, -0.15) is 0 Å². The van der Waals surface area contributed by atoms with Crippen LogP contribution in [-0.2, 0) is 0 Å². The van der Waals surface area contributed by atoms with Crippen molar-refractivity contribution in [2.75, 3.05) is 11.1 Å². The van der Waals surface area contributed by atoms with Gasteiger partial charge in [0, 0.05) is 23.4 Å². The van der Waals surface area contributed by atoms with E-state index in [1.54, 1.807) is 11.8 Å². The second-order valence-electron chi connectivity index (χ2n) is 3.98. The van der Waals surface area contributed by atoms with Crippen molar-refractivity contribution in [1.29, 1.82) is 0 Å². The lowest BCUT2D eigenvalue weighted by molar-refractivity contribution is -0.384. The first kappa shape index (κ1) is 15.4. The zero-order chi connectivity index (χ0) is 15.2. The number of carbonyl (C=O) groups is 1. The zero-order valence-electron chi connectivity index (χ0n) is 11.1. The molecule has 9 heteroatoms. The maximum atomic E-state index is 12.0. The van der Waals surface area contributed by atoms with Crippen LogP contribution in [0.15, 0.2) is 28.6 Å². The second-order valence-corrected chi connectivity index (χ2v) is 6.30. The quantitative estimate of drug-likeness (QED) is 0.379. The molecule has 0 atom stereocenters. The Labute approximate surface area is 128 Å². The van der Waals surface area contributed by atoms with Gasteiger partial charge in [0.15, 0.2) is 4.34 Å². The van der Waals surface area contributed by atoms with Gasteiger partial charge in [0.2, 0.25) is 5.13 Å². The molecule has 1 amide bonds. The first-order valence-corrected chi connectivity index (χ1v) is 7.92. The number of nitrogens with zero attached hydrogens (tertiary/aromatic N) is 3. The summed E-state index contributed by atoms with van der Waals surface area (Å²) in [6.45, 7) is 2.07. The molecule has 0 aliphatic heterocycles. The van der Waals surface area contributed by atoms with Gasteiger partial charge in [-0.25, -0.2) is 0 Å². The number of amides is 1. The van der Waals surface area contributed by atoms with Crippen molar-refractivity contribution in [2.45, 2.75) is 17.7 Å². The summed E-state index contributed by atoms with van der Waals surface area (Å²) in [7, 11) is 0. The first-order valence-electron chi connectivity index (χ1n) is 6.12. The molecule has 0 unspecified atom stereocenters. The molecule has 0 saturated carbocycles. The van der Waals surface area contributed by atoms with E-state index in [4.69, 9.17) is 0 Å². The van der Waals surface area contributed by atoms with Gasteiger partial charge in [0.25, 0.3) is 11.6 Å². The minimum Gasteiger partial charge on any atom is -0.296 e. The van der Waals surface area contributed by atoms with E-state index < -0.39 is 10.8 Å². The third kappa shape index (κ3) is 4.23. The zero-order valence-corrected chi connectivity index (χ0v) is 12.7. The molecule has 0 saturated heterocycles. The minimum absolute atomic E-state index is 0.126. The number of nitro benzene ring substituents is 1. The highest BCUT2D eigenvalue weighted by Crippen LogP contribution is 2.26. The molecule has 2 aromatic rings. The molecule has 1 heterocycles. The van der Waals surface area contributed by atoms with Crippen molar-refractivity contribution in [3.8, 4) is 0 Å². The maximum Gasteiger partial charge on any atom is 0.270 e. The molecule has 110 valence electrons. The topological polar surface area (TPSA) is 98.0 Å². The fourth-order valence-corrected chi connectivity index (χ4v) is 3.11. The Bertz CT molecular complexity index is 659. The Morgan fingerprint density at radius 2 is 2.29 bits per heavy atom. The molecule has 1 aromatic heterocycles. The van der Waals surface area contributed by atoms with Gasteiger partial charge in [-0.05, 0) is 12.5 Å². The molecule has 21 heavy (non-hydrogen) atoms. The van der Waals surface area contributed by atoms with E-state index >= 15 is 0 Å². The number of carbonyl (C=O) groups excluding carboxylic acids is 1. The lowest BCUT2D eigenvalue weighted by Crippen LogP contribution is -2.11. The Kier molecular flexibility index (Phi) is 5.23. The van der Waals surface area contributed by atoms with E-state index in [9.17, 15) is 14.9 Å². The Morgan fingerprint density at radius 3 is 3.00 bits per heavy atom. The molecule has 7 nitrogen and oxygen atoms in total. The van der Waals surface area contributed by atoms with Crippen LogP contribution in [0.5, 0.6) is 0 Å². The SMILES string of the molecule is CCCSc1nnc(NC(=O)c2cccc([N+](=O)[O-])c2)s1. The summed E-state index contributed by atoms with van der Waals surface area (Å²) in [6.07, 6.45) is 1.03. The van der Waals surface area contributed by atoms with Crippen LogP contribution in [0.1, 0.15) is 23.7 Å². The van der Waals surface area contributed by atoms with Crippen LogP contribution in [-0.4, -0.2) is 26.8 Å². The standard InChI is InChI=1S/C12H12N4O3S2/c1-2-6-20-12-15-14-11(21-12)13-10(17)8-4-3-5-9(7-8)16(18)19/h3-5,7H,2,6H2,1H3,(H,13,14,17). The van der Waals surface area contributed by atoms with Crippen LogP contribution in [0.2, 0.25) is 0 Å². The van der Waals surface area contributed by atoms with Crippen LogP contribution < -0.4 is 5.32 Å². The van der Waals surface area contributed by atoms with Crippen LogP contribution in [0, 0.1) is 10.1 Å². The molecule has 1 N–H and O–H groups in total. The number of aromatic nitrogens is 2. The highest BCUT2D eigenvalue weighted by Gasteiger charge is 2.13. The number of hydrogen-bond acceptors (Lipinski definition) is 7. The lowest BCUT2D eigenvalue weighted by atomic mass is 10.2. The molecule has 0 spiro atoms. The van der Waals surface area contributed by atoms with E-state index in [0.29, 0.717) is 5.13 Å². The van der Waals surface area contributed by atoms with Crippen molar-refractivity contribution in [3.05, 3.63) is 39.9 Å². The van der Waals surface area contributed by atoms with Crippen LogP contribution in [0.3, 0.4) is 0 Å². The van der Waals surface area contributed by atoms with Gasteiger partial charge >= 0.3 is 0 Å². The van der Waals surface area contributed by atoms with Crippen molar-refractivity contribution in [2.24, 2.45) is 0 Å². The van der Waals surface area contributed by atoms with Gasteiger partial charge < -0.3 is 0 Å². The third-order valence-electron chi connectivity index (χ3n) is 2.38.